The Kier molecular flexibility index (Phi) is 31.8. The van der Waals surface area contributed by atoms with Crippen LogP contribution >= 0.6 is 0 Å². The van der Waals surface area contributed by atoms with Crippen LogP contribution in [-0.2, 0) is 52.6 Å². The number of methoxy groups -OCH3 is 1. The molecule has 0 aliphatic carbocycles. The van der Waals surface area contributed by atoms with Gasteiger partial charge in [-0.05, 0) is 18.3 Å². The first-order valence-corrected chi connectivity index (χ1v) is 22.3. The Balaban J connectivity index is 5.27. The summed E-state index contributed by atoms with van der Waals surface area (Å²) < 4.78 is 17.8. The fourth-order valence-corrected chi connectivity index (χ4v) is 5.72. The number of hydrogen-bond donors (Lipinski definition) is 17. The average Bonchev–Trinajstić information content (AvgIpc) is 3.33. The van der Waals surface area contributed by atoms with Crippen molar-refractivity contribution in [1.82, 2.24) is 37.2 Å². The molecule has 0 saturated heterocycles. The summed E-state index contributed by atoms with van der Waals surface area (Å²) in [5.74, 6) is -8.25. The number of nitrogens with one attached hydrogen (secondary N) is 7. The summed E-state index contributed by atoms with van der Waals surface area (Å²) in [6, 6.07) is -1.64. The molecule has 0 rings (SSSR count). The second-order valence-electron chi connectivity index (χ2n) is 17.4. The quantitative estimate of drug-likeness (QED) is 0.0255. The van der Waals surface area contributed by atoms with Gasteiger partial charge in [0.05, 0.1) is 78.7 Å². The zero-order valence-corrected chi connectivity index (χ0v) is 39.7. The van der Waals surface area contributed by atoms with Gasteiger partial charge in [-0.3, -0.25) is 43.2 Å². The SMILES string of the molecule is [2H]COCC(CC(=O)CNC(=O)CNC(=O)CNC(=O)CNC(=O)CCNC(=O)CCOCC(C)(C)C)C(=O)NC(CCC(=O)CC[C@H](O)[C@@H](O)[C@H](O)[C@H](O)CO)C(=O)NC[C@H](O)[C@@H](O)[C@H](O)[C@H](O)CO. The number of aliphatic hydroxyl groups is 10. The highest BCUT2D eigenvalue weighted by Gasteiger charge is 2.33. The van der Waals surface area contributed by atoms with Crippen LogP contribution in [0.3, 0.4) is 0 Å². The van der Waals surface area contributed by atoms with Crippen molar-refractivity contribution in [3.8, 4) is 0 Å². The molecule has 0 heterocycles. The number of ether oxygens (including phenoxy) is 2. The second-order valence-corrected chi connectivity index (χ2v) is 17.4. The lowest BCUT2D eigenvalue weighted by atomic mass is 9.97. The maximum Gasteiger partial charge on any atom is 0.242 e. The number of rotatable bonds is 38. The highest BCUT2D eigenvalue weighted by molar-refractivity contribution is 5.94. The Morgan fingerprint density at radius 3 is 1.56 bits per heavy atom. The molecule has 0 aliphatic heterocycles. The predicted molar refractivity (Wildman–Crippen MR) is 240 cm³/mol. The topological polar surface area (TPSA) is 459 Å². The monoisotopic (exact) mass is 1010 g/mol. The summed E-state index contributed by atoms with van der Waals surface area (Å²) in [6.07, 6.45) is -18.0. The second kappa shape index (κ2) is 35.3. The van der Waals surface area contributed by atoms with Crippen LogP contribution in [0.25, 0.3) is 0 Å². The Morgan fingerprint density at radius 1 is 0.543 bits per heavy atom. The predicted octanol–water partition coefficient (Wildman–Crippen LogP) is -8.77. The van der Waals surface area contributed by atoms with Crippen LogP contribution in [0.15, 0.2) is 0 Å². The molecule has 70 heavy (non-hydrogen) atoms. The van der Waals surface area contributed by atoms with Crippen molar-refractivity contribution < 1.29 is 105 Å². The van der Waals surface area contributed by atoms with E-state index in [1.807, 2.05) is 20.8 Å². The van der Waals surface area contributed by atoms with Gasteiger partial charge in [0, 0.05) is 52.3 Å². The van der Waals surface area contributed by atoms with E-state index < -0.39 is 200 Å². The molecule has 2 unspecified atom stereocenters. The summed E-state index contributed by atoms with van der Waals surface area (Å²) >= 11 is 0. The van der Waals surface area contributed by atoms with Crippen molar-refractivity contribution in [3.05, 3.63) is 0 Å². The minimum absolute atomic E-state index is 0.0158. The molecule has 10 atom stereocenters. The summed E-state index contributed by atoms with van der Waals surface area (Å²) in [6.45, 7) is 0.945. The molecule has 28 nitrogen and oxygen atoms in total. The molecule has 0 spiro atoms. The van der Waals surface area contributed by atoms with Crippen LogP contribution in [-0.4, -0.2) is 238 Å². The van der Waals surface area contributed by atoms with Gasteiger partial charge < -0.3 is 97.8 Å². The summed E-state index contributed by atoms with van der Waals surface area (Å²) in [5.41, 5.74) is -0.0500. The minimum atomic E-state index is -2.09. The molecule has 0 radical (unpaired) electrons. The third-order valence-electron chi connectivity index (χ3n) is 9.87. The summed E-state index contributed by atoms with van der Waals surface area (Å²) in [5, 5.41) is 113. The summed E-state index contributed by atoms with van der Waals surface area (Å²) in [4.78, 5) is 113. The van der Waals surface area contributed by atoms with Gasteiger partial charge in [-0.15, -0.1) is 0 Å². The lowest BCUT2D eigenvalue weighted by Gasteiger charge is -2.27. The van der Waals surface area contributed by atoms with Crippen LogP contribution < -0.4 is 37.2 Å². The van der Waals surface area contributed by atoms with E-state index in [9.17, 15) is 84.0 Å². The van der Waals surface area contributed by atoms with Crippen LogP contribution in [0.2, 0.25) is 0 Å². The lowest BCUT2D eigenvalue weighted by Crippen LogP contribution is -2.53. The third-order valence-corrected chi connectivity index (χ3v) is 9.87. The number of carbonyl (C=O) groups is 9. The Bertz CT molecular complexity index is 1680. The highest BCUT2D eigenvalue weighted by atomic mass is 16.5. The molecule has 0 aromatic rings. The Hall–Kier alpha value is -4.85. The fraction of sp³-hybridized carbons (Fsp3) is 0.786. The van der Waals surface area contributed by atoms with E-state index in [0.717, 1.165) is 0 Å². The molecule has 404 valence electrons. The van der Waals surface area contributed by atoms with Gasteiger partial charge in [0.25, 0.3) is 0 Å². The molecule has 7 amide bonds. The molecule has 17 N–H and O–H groups in total. The first-order valence-electron chi connectivity index (χ1n) is 23.0. The van der Waals surface area contributed by atoms with Gasteiger partial charge in [-0.1, -0.05) is 20.8 Å². The van der Waals surface area contributed by atoms with Crippen molar-refractivity contribution in [3.63, 3.8) is 0 Å². The van der Waals surface area contributed by atoms with E-state index >= 15 is 0 Å². The number of ketones is 2. The fourth-order valence-electron chi connectivity index (χ4n) is 5.72. The van der Waals surface area contributed by atoms with Crippen LogP contribution in [0.4, 0.5) is 0 Å². The summed E-state index contributed by atoms with van der Waals surface area (Å²) in [7, 11) is -0.675. The third kappa shape index (κ3) is 29.4. The lowest BCUT2D eigenvalue weighted by molar-refractivity contribution is -0.135. The molecule has 0 saturated carbocycles. The van der Waals surface area contributed by atoms with Gasteiger partial charge >= 0.3 is 0 Å². The van der Waals surface area contributed by atoms with E-state index in [1.54, 1.807) is 0 Å². The standard InChI is InChI=1S/C42H75N7O21/c1-42(2,3)22-70-12-10-32(59)43-11-9-31(58)45-16-34(61)47-18-35(62)46-17-33(60)44-14-25(53)13-23(21-69-4)40(67)49-26(41(68)48-15-28(55)37(64)39(66)30(57)20-51)7-5-24(52)6-8-27(54)36(63)38(65)29(56)19-50/h23,26-30,36-39,50-51,54-57,63-66H,5-22H2,1-4H3,(H,43,59)(H,44,60)(H,45,58)(H,46,62)(H,47,61)(H,48,68)(H,49,67)/t23?,26?,27-,28-,29+,30+,36+,37+,38+,39+/m0/s1/i4D. The first-order chi connectivity index (χ1) is 33.3. The average molecular weight is 1020 g/mol. The van der Waals surface area contributed by atoms with Crippen LogP contribution in [0.5, 0.6) is 0 Å². The maximum absolute atomic E-state index is 13.5. The van der Waals surface area contributed by atoms with Gasteiger partial charge in [0.2, 0.25) is 41.4 Å². The van der Waals surface area contributed by atoms with Crippen molar-refractivity contribution in [2.24, 2.45) is 11.3 Å². The molecular formula is C42H75N7O21. The van der Waals surface area contributed by atoms with E-state index in [4.69, 9.17) is 21.1 Å². The van der Waals surface area contributed by atoms with Crippen molar-refractivity contribution in [2.45, 2.75) is 121 Å². The Labute approximate surface area is 406 Å². The minimum Gasteiger partial charge on any atom is -0.394 e. The maximum atomic E-state index is 13.5. The number of Topliss-reactive ketones (excluding diaryl/α,β-unsaturated/α-hetero) is 2. The van der Waals surface area contributed by atoms with E-state index in [1.165, 1.54) is 0 Å². The number of aliphatic hydroxyl groups excluding tert-OH is 10. The Morgan fingerprint density at radius 2 is 1.03 bits per heavy atom. The molecule has 0 bridgehead atoms. The van der Waals surface area contributed by atoms with Crippen LogP contribution in [0, 0.1) is 11.3 Å². The number of hydrogen-bond acceptors (Lipinski definition) is 21. The largest absolute Gasteiger partial charge is 0.394 e. The molecule has 0 fully saturated rings. The van der Waals surface area contributed by atoms with Crippen molar-refractivity contribution >= 4 is 52.9 Å². The zero-order valence-electron chi connectivity index (χ0n) is 40.7. The smallest absolute Gasteiger partial charge is 0.242 e. The van der Waals surface area contributed by atoms with E-state index in [0.29, 0.717) is 6.61 Å². The van der Waals surface area contributed by atoms with Gasteiger partial charge in [-0.25, -0.2) is 0 Å². The molecular weight excluding hydrogens is 938 g/mol. The van der Waals surface area contributed by atoms with E-state index in [2.05, 4.69) is 37.2 Å². The van der Waals surface area contributed by atoms with Crippen LogP contribution in [0.1, 0.15) is 67.1 Å². The molecule has 0 aliphatic rings. The van der Waals surface area contributed by atoms with Gasteiger partial charge in [0.15, 0.2) is 5.78 Å². The van der Waals surface area contributed by atoms with Gasteiger partial charge in [-0.2, -0.15) is 0 Å². The normalized spacial score (nSPS) is 16.0. The molecule has 0 aromatic heterocycles. The number of amides is 7. The molecule has 28 heteroatoms. The first kappa shape index (κ1) is 63.2. The molecule has 0 aromatic carbocycles. The van der Waals surface area contributed by atoms with Crippen molar-refractivity contribution in [2.75, 3.05) is 79.4 Å². The number of carbonyl (C=O) groups excluding carboxylic acids is 9. The van der Waals surface area contributed by atoms with Gasteiger partial charge in [0.1, 0.15) is 48.4 Å². The highest BCUT2D eigenvalue weighted by Crippen LogP contribution is 2.14. The zero-order chi connectivity index (χ0) is 54.3. The van der Waals surface area contributed by atoms with E-state index in [-0.39, 0.29) is 37.3 Å². The van der Waals surface area contributed by atoms with Crippen molar-refractivity contribution in [1.29, 1.82) is 0 Å².